The topological polar surface area (TPSA) is 203 Å². The van der Waals surface area contributed by atoms with Crippen LogP contribution in [0.4, 0.5) is 4.79 Å². The van der Waals surface area contributed by atoms with Crippen LogP contribution in [0.2, 0.25) is 0 Å². The van der Waals surface area contributed by atoms with Gasteiger partial charge in [-0.05, 0) is 49.7 Å². The predicted molar refractivity (Wildman–Crippen MR) is 189 cm³/mol. The fourth-order valence-corrected chi connectivity index (χ4v) is 5.99. The van der Waals surface area contributed by atoms with Gasteiger partial charge in [0, 0.05) is 26.2 Å². The van der Waals surface area contributed by atoms with E-state index in [1.54, 1.807) is 24.3 Å². The quantitative estimate of drug-likeness (QED) is 0.0354. The Bertz CT molecular complexity index is 1120. The molecule has 1 aromatic carbocycles. The van der Waals surface area contributed by atoms with Crippen LogP contribution in [0.25, 0.3) is 0 Å². The predicted octanol–water partition coefficient (Wildman–Crippen LogP) is 2.01. The van der Waals surface area contributed by atoms with Crippen molar-refractivity contribution < 1.29 is 47.9 Å². The molecule has 0 saturated heterocycles. The lowest BCUT2D eigenvalue weighted by molar-refractivity contribution is -0.233. The van der Waals surface area contributed by atoms with Gasteiger partial charge in [-0.2, -0.15) is 4.89 Å². The van der Waals surface area contributed by atoms with E-state index >= 15 is 0 Å². The van der Waals surface area contributed by atoms with E-state index in [9.17, 15) is 24.0 Å². The minimum atomic E-state index is -1.08. The molecule has 17 heteroatoms. The van der Waals surface area contributed by atoms with Crippen molar-refractivity contribution >= 4 is 46.0 Å². The zero-order chi connectivity index (χ0) is 36.4. The molecule has 0 heterocycles. The molecule has 1 rings (SSSR count). The highest BCUT2D eigenvalue weighted by Crippen LogP contribution is 2.33. The third kappa shape index (κ3) is 22.4. The van der Waals surface area contributed by atoms with Gasteiger partial charge in [-0.3, -0.25) is 24.1 Å². The summed E-state index contributed by atoms with van der Waals surface area (Å²) in [4.78, 5) is 73.2. The minimum Gasteiger partial charge on any atom is -0.396 e. The van der Waals surface area contributed by atoms with Crippen LogP contribution in [-0.4, -0.2) is 119 Å². The van der Waals surface area contributed by atoms with Gasteiger partial charge in [0.15, 0.2) is 8.38 Å². The van der Waals surface area contributed by atoms with E-state index < -0.39 is 58.7 Å². The lowest BCUT2D eigenvalue weighted by Crippen LogP contribution is -2.56. The normalized spacial score (nSPS) is 13.4. The van der Waals surface area contributed by atoms with Gasteiger partial charge in [-0.15, -0.1) is 7.92 Å². The van der Waals surface area contributed by atoms with Crippen LogP contribution in [0.3, 0.4) is 0 Å². The summed E-state index contributed by atoms with van der Waals surface area (Å²) in [6, 6.07) is 6.96. The van der Waals surface area contributed by atoms with Gasteiger partial charge in [0.2, 0.25) is 23.6 Å². The first-order chi connectivity index (χ1) is 23.4. The van der Waals surface area contributed by atoms with Crippen LogP contribution in [0.15, 0.2) is 30.3 Å². The molecule has 0 fully saturated rings. The molecule has 5 amide bonds. The Hall–Kier alpha value is -2.93. The zero-order valence-corrected chi connectivity index (χ0v) is 31.1. The Morgan fingerprint density at radius 1 is 0.816 bits per heavy atom. The highest BCUT2D eigenvalue weighted by atomic mass is 31.2. The van der Waals surface area contributed by atoms with Crippen molar-refractivity contribution in [3.63, 3.8) is 0 Å². The maximum atomic E-state index is 13.5. The molecule has 6 N–H and O–H groups in total. The first-order valence-electron chi connectivity index (χ1n) is 16.5. The molecule has 0 bridgehead atoms. The van der Waals surface area contributed by atoms with Crippen molar-refractivity contribution in [3.05, 3.63) is 35.9 Å². The third-order valence-electron chi connectivity index (χ3n) is 6.66. The van der Waals surface area contributed by atoms with Gasteiger partial charge in [-0.1, -0.05) is 51.1 Å². The molecule has 0 radical (unpaired) electrons. The third-order valence-corrected chi connectivity index (χ3v) is 9.66. The Morgan fingerprint density at radius 3 is 2.18 bits per heavy atom. The van der Waals surface area contributed by atoms with Crippen molar-refractivity contribution in [2.45, 2.75) is 58.5 Å². The summed E-state index contributed by atoms with van der Waals surface area (Å²) in [6.07, 6.45) is 2.22. The standard InChI is InChI=1S/C32H55N5O10P2/c1-6-15-45-49(5)46-16-10-13-33-28(39)22-34-30(41)26(20-24(2)3)37-31(42)27(21-25-11-8-7-9-12-25)36-29(40)23-35-32(43)47-44-17-19-48(4)18-14-38/h7-9,11-12,24,26-27,38H,6,10,13-23H2,1-5H3,(H,33,39)(H,34,41)(H,35,43)(H,36,40)(H,37,42). The van der Waals surface area contributed by atoms with E-state index in [0.717, 1.165) is 12.0 Å². The molecule has 1 aromatic rings. The number of hydrogen-bond acceptors (Lipinski definition) is 10. The number of carbonyl (C=O) groups excluding carboxylic acids is 5. The smallest absolute Gasteiger partial charge is 0.396 e. The van der Waals surface area contributed by atoms with Crippen molar-refractivity contribution in [1.82, 2.24) is 26.6 Å². The van der Waals surface area contributed by atoms with Gasteiger partial charge >= 0.3 is 6.09 Å². The van der Waals surface area contributed by atoms with Gasteiger partial charge in [0.1, 0.15) is 18.6 Å². The van der Waals surface area contributed by atoms with E-state index in [1.165, 1.54) is 0 Å². The largest absolute Gasteiger partial charge is 0.439 e. The Morgan fingerprint density at radius 2 is 1.51 bits per heavy atom. The number of rotatable bonds is 26. The van der Waals surface area contributed by atoms with Crippen molar-refractivity contribution in [2.75, 3.05) is 71.7 Å². The lowest BCUT2D eigenvalue weighted by Gasteiger charge is -2.24. The molecule has 0 aliphatic heterocycles. The number of nitrogens with one attached hydrogen (secondary N) is 5. The molecule has 49 heavy (non-hydrogen) atoms. The highest BCUT2D eigenvalue weighted by Gasteiger charge is 2.28. The van der Waals surface area contributed by atoms with Gasteiger partial charge < -0.3 is 40.7 Å². The average Bonchev–Trinajstić information content (AvgIpc) is 3.06. The highest BCUT2D eigenvalue weighted by molar-refractivity contribution is 7.56. The maximum Gasteiger partial charge on any atom is 0.439 e. The molecule has 0 aliphatic rings. The molecule has 0 aliphatic carbocycles. The first kappa shape index (κ1) is 44.1. The molecule has 15 nitrogen and oxygen atoms in total. The molecule has 0 saturated carbocycles. The summed E-state index contributed by atoms with van der Waals surface area (Å²) in [5.41, 5.74) is 0.761. The number of hydrogen-bond donors (Lipinski definition) is 6. The number of benzene rings is 1. The number of aliphatic hydroxyl groups is 1. The van der Waals surface area contributed by atoms with Crippen LogP contribution in [-0.2, 0) is 44.4 Å². The second-order valence-electron chi connectivity index (χ2n) is 11.6. The second kappa shape index (κ2) is 26.9. The van der Waals surface area contributed by atoms with Crippen molar-refractivity contribution in [2.24, 2.45) is 5.92 Å². The fraction of sp³-hybridized carbons (Fsp3) is 0.656. The van der Waals surface area contributed by atoms with Crippen LogP contribution in [0.5, 0.6) is 0 Å². The van der Waals surface area contributed by atoms with E-state index in [0.29, 0.717) is 38.5 Å². The van der Waals surface area contributed by atoms with E-state index in [4.69, 9.17) is 19.0 Å². The van der Waals surface area contributed by atoms with E-state index in [1.807, 2.05) is 40.2 Å². The molecule has 0 spiro atoms. The maximum absolute atomic E-state index is 13.5. The Kier molecular flexibility index (Phi) is 24.2. The Balaban J connectivity index is 2.69. The summed E-state index contributed by atoms with van der Waals surface area (Å²) >= 11 is 0. The van der Waals surface area contributed by atoms with E-state index in [2.05, 4.69) is 31.5 Å². The molecule has 4 unspecified atom stereocenters. The Labute approximate surface area is 292 Å². The monoisotopic (exact) mass is 731 g/mol. The SMILES string of the molecule is CCCOP(C)OCCCNC(=O)CNC(=O)C(CC(C)C)NC(=O)C(Cc1ccccc1)NC(=O)CNC(=O)OOCCP(C)CCO. The van der Waals surface area contributed by atoms with Gasteiger partial charge in [0.05, 0.1) is 26.4 Å². The molecule has 278 valence electrons. The summed E-state index contributed by atoms with van der Waals surface area (Å²) in [5, 5.41) is 21.9. The summed E-state index contributed by atoms with van der Waals surface area (Å²) in [7, 11) is -1.38. The second-order valence-corrected chi connectivity index (χ2v) is 15.6. The van der Waals surface area contributed by atoms with Crippen molar-refractivity contribution in [1.29, 1.82) is 0 Å². The molecular formula is C32H55N5O10P2. The molecule has 4 atom stereocenters. The summed E-state index contributed by atoms with van der Waals surface area (Å²) < 4.78 is 11.1. The van der Waals surface area contributed by atoms with Crippen LogP contribution >= 0.6 is 16.3 Å². The fourth-order valence-electron chi connectivity index (χ4n) is 4.14. The van der Waals surface area contributed by atoms with Crippen LogP contribution in [0, 0.1) is 5.92 Å². The van der Waals surface area contributed by atoms with E-state index in [-0.39, 0.29) is 44.4 Å². The number of carbonyl (C=O) groups is 5. The minimum absolute atomic E-state index is 0.0220. The van der Waals surface area contributed by atoms with Crippen LogP contribution in [0.1, 0.15) is 45.6 Å². The average molecular weight is 732 g/mol. The zero-order valence-electron chi connectivity index (χ0n) is 29.3. The summed E-state index contributed by atoms with van der Waals surface area (Å²) in [5.74, 6) is -2.16. The van der Waals surface area contributed by atoms with Gasteiger partial charge in [0.25, 0.3) is 0 Å². The number of aliphatic hydroxyl groups excluding tert-OH is 1. The first-order valence-corrected chi connectivity index (χ1v) is 20.3. The van der Waals surface area contributed by atoms with Crippen molar-refractivity contribution in [3.8, 4) is 0 Å². The number of amides is 5. The summed E-state index contributed by atoms with van der Waals surface area (Å²) in [6.45, 7) is 10.6. The van der Waals surface area contributed by atoms with Crippen LogP contribution < -0.4 is 26.6 Å². The van der Waals surface area contributed by atoms with Gasteiger partial charge in [-0.25, -0.2) is 4.79 Å². The lowest BCUT2D eigenvalue weighted by atomic mass is 10.0. The molecular weight excluding hydrogens is 676 g/mol. The molecule has 0 aromatic heterocycles.